The summed E-state index contributed by atoms with van der Waals surface area (Å²) in [5.74, 6) is -0.127. The zero-order valence-electron chi connectivity index (χ0n) is 11.0. The fourth-order valence-corrected chi connectivity index (χ4v) is 4.19. The summed E-state index contributed by atoms with van der Waals surface area (Å²) in [6.45, 7) is 1.05. The number of aliphatic hydroxyl groups excluding tert-OH is 1. The van der Waals surface area contributed by atoms with Gasteiger partial charge < -0.3 is 10.0 Å². The third-order valence-electron chi connectivity index (χ3n) is 3.14. The summed E-state index contributed by atoms with van der Waals surface area (Å²) in [5.41, 5.74) is 0. The first-order valence-corrected chi connectivity index (χ1v) is 8.84. The molecule has 6 nitrogen and oxygen atoms in total. The summed E-state index contributed by atoms with van der Waals surface area (Å²) in [5, 5.41) is 11.2. The Morgan fingerprint density at radius 3 is 3.00 bits per heavy atom. The fourth-order valence-electron chi connectivity index (χ4n) is 2.12. The quantitative estimate of drug-likeness (QED) is 0.823. The van der Waals surface area contributed by atoms with E-state index in [4.69, 9.17) is 0 Å². The SMILES string of the molecule is O=C(CCNS(=O)(=O)c1cccs1)N1CCC[C@H](O)C1. The van der Waals surface area contributed by atoms with E-state index in [0.29, 0.717) is 13.1 Å². The van der Waals surface area contributed by atoms with E-state index in [2.05, 4.69) is 4.72 Å². The third-order valence-corrected chi connectivity index (χ3v) is 6.00. The number of carbonyl (C=O) groups is 1. The molecule has 8 heteroatoms. The summed E-state index contributed by atoms with van der Waals surface area (Å²) in [6, 6.07) is 3.19. The predicted octanol–water partition coefficient (Wildman–Crippen LogP) is 0.400. The molecule has 1 aromatic rings. The van der Waals surface area contributed by atoms with Gasteiger partial charge in [0.25, 0.3) is 0 Å². The number of sulfonamides is 1. The maximum absolute atomic E-state index is 11.9. The molecule has 1 atom stereocenters. The van der Waals surface area contributed by atoms with Gasteiger partial charge in [0.2, 0.25) is 15.9 Å². The highest BCUT2D eigenvalue weighted by Crippen LogP contribution is 2.15. The second-order valence-electron chi connectivity index (χ2n) is 4.72. The van der Waals surface area contributed by atoms with Crippen LogP contribution in [0.4, 0.5) is 0 Å². The van der Waals surface area contributed by atoms with E-state index < -0.39 is 16.1 Å². The summed E-state index contributed by atoms with van der Waals surface area (Å²) >= 11 is 1.14. The van der Waals surface area contributed by atoms with Crippen molar-refractivity contribution < 1.29 is 18.3 Å². The standard InChI is InChI=1S/C12H18N2O4S2/c15-10-3-1-7-14(9-10)11(16)5-6-13-20(17,18)12-4-2-8-19-12/h2,4,8,10,13,15H,1,3,5-7,9H2/t10-/m0/s1. The van der Waals surface area contributed by atoms with Gasteiger partial charge in [0.05, 0.1) is 6.10 Å². The maximum atomic E-state index is 11.9. The lowest BCUT2D eigenvalue weighted by atomic mass is 10.1. The Kier molecular flexibility index (Phi) is 5.14. The number of nitrogens with zero attached hydrogens (tertiary/aromatic N) is 1. The number of hydrogen-bond donors (Lipinski definition) is 2. The van der Waals surface area contributed by atoms with Crippen LogP contribution in [0.5, 0.6) is 0 Å². The van der Waals surface area contributed by atoms with Crippen molar-refractivity contribution in [1.29, 1.82) is 0 Å². The number of thiophene rings is 1. The van der Waals surface area contributed by atoms with E-state index in [1.165, 1.54) is 6.07 Å². The van der Waals surface area contributed by atoms with Crippen LogP contribution < -0.4 is 4.72 Å². The third kappa shape index (κ3) is 4.02. The zero-order valence-corrected chi connectivity index (χ0v) is 12.6. The Morgan fingerprint density at radius 1 is 1.55 bits per heavy atom. The first kappa shape index (κ1) is 15.4. The Hall–Kier alpha value is -0.960. The van der Waals surface area contributed by atoms with E-state index >= 15 is 0 Å². The van der Waals surface area contributed by atoms with Crippen molar-refractivity contribution in [1.82, 2.24) is 9.62 Å². The number of piperidine rings is 1. The Balaban J connectivity index is 1.79. The van der Waals surface area contributed by atoms with E-state index in [9.17, 15) is 18.3 Å². The summed E-state index contributed by atoms with van der Waals surface area (Å²) in [6.07, 6.45) is 1.15. The van der Waals surface area contributed by atoms with E-state index in [1.54, 1.807) is 16.3 Å². The smallest absolute Gasteiger partial charge is 0.250 e. The fraction of sp³-hybridized carbons (Fsp3) is 0.583. The van der Waals surface area contributed by atoms with Gasteiger partial charge >= 0.3 is 0 Å². The Labute approximate surface area is 122 Å². The number of carbonyl (C=O) groups excluding carboxylic acids is 1. The van der Waals surface area contributed by atoms with Gasteiger partial charge in [-0.25, -0.2) is 13.1 Å². The van der Waals surface area contributed by atoms with Gasteiger partial charge in [-0.1, -0.05) is 6.07 Å². The topological polar surface area (TPSA) is 86.7 Å². The number of amides is 1. The van der Waals surface area contributed by atoms with Gasteiger partial charge in [0.1, 0.15) is 4.21 Å². The molecule has 0 bridgehead atoms. The van der Waals surface area contributed by atoms with Crippen LogP contribution in [0.25, 0.3) is 0 Å². The molecule has 1 aliphatic heterocycles. The molecule has 112 valence electrons. The number of nitrogens with one attached hydrogen (secondary N) is 1. The van der Waals surface area contributed by atoms with Crippen molar-refractivity contribution in [3.63, 3.8) is 0 Å². The first-order chi connectivity index (χ1) is 9.49. The first-order valence-electron chi connectivity index (χ1n) is 6.48. The minimum atomic E-state index is -3.51. The molecule has 0 saturated carbocycles. The molecule has 0 unspecified atom stereocenters. The average molecular weight is 318 g/mol. The molecule has 0 radical (unpaired) electrons. The molecular formula is C12H18N2O4S2. The van der Waals surface area contributed by atoms with Gasteiger partial charge in [0.15, 0.2) is 0 Å². The lowest BCUT2D eigenvalue weighted by molar-refractivity contribution is -0.134. The van der Waals surface area contributed by atoms with Gasteiger partial charge in [-0.3, -0.25) is 4.79 Å². The molecule has 1 amide bonds. The van der Waals surface area contributed by atoms with Crippen LogP contribution in [-0.2, 0) is 14.8 Å². The van der Waals surface area contributed by atoms with Crippen molar-refractivity contribution in [3.8, 4) is 0 Å². The largest absolute Gasteiger partial charge is 0.391 e. The normalized spacial score (nSPS) is 20.1. The molecule has 2 rings (SSSR count). The molecule has 0 aromatic carbocycles. The lowest BCUT2D eigenvalue weighted by Crippen LogP contribution is -2.43. The van der Waals surface area contributed by atoms with Gasteiger partial charge in [0, 0.05) is 26.1 Å². The van der Waals surface area contributed by atoms with Crippen LogP contribution in [0, 0.1) is 0 Å². The summed E-state index contributed by atoms with van der Waals surface area (Å²) in [7, 11) is -3.51. The van der Waals surface area contributed by atoms with Crippen molar-refractivity contribution in [2.24, 2.45) is 0 Å². The number of β-amino-alcohol motifs (C(OH)–C–C–N with tert-alkyl or cyclic N) is 1. The Bertz CT molecular complexity index is 542. The molecule has 0 aliphatic carbocycles. The molecule has 1 saturated heterocycles. The number of rotatable bonds is 5. The molecular weight excluding hydrogens is 300 g/mol. The van der Waals surface area contributed by atoms with Crippen molar-refractivity contribution in [3.05, 3.63) is 17.5 Å². The molecule has 2 heterocycles. The van der Waals surface area contributed by atoms with Crippen LogP contribution in [0.15, 0.2) is 21.7 Å². The van der Waals surface area contributed by atoms with Crippen molar-refractivity contribution in [2.75, 3.05) is 19.6 Å². The summed E-state index contributed by atoms with van der Waals surface area (Å²) < 4.78 is 26.3. The van der Waals surface area contributed by atoms with E-state index in [-0.39, 0.29) is 23.1 Å². The molecule has 1 aliphatic rings. The van der Waals surface area contributed by atoms with Crippen LogP contribution in [0.2, 0.25) is 0 Å². The minimum Gasteiger partial charge on any atom is -0.391 e. The molecule has 0 spiro atoms. The molecule has 1 fully saturated rings. The van der Waals surface area contributed by atoms with E-state index in [1.807, 2.05) is 0 Å². The highest BCUT2D eigenvalue weighted by Gasteiger charge is 2.22. The van der Waals surface area contributed by atoms with Gasteiger partial charge in [-0.05, 0) is 24.3 Å². The van der Waals surface area contributed by atoms with Crippen LogP contribution in [-0.4, -0.2) is 50.1 Å². The highest BCUT2D eigenvalue weighted by molar-refractivity contribution is 7.91. The van der Waals surface area contributed by atoms with E-state index in [0.717, 1.165) is 24.2 Å². The average Bonchev–Trinajstić information content (AvgIpc) is 2.93. The monoisotopic (exact) mass is 318 g/mol. The van der Waals surface area contributed by atoms with Crippen LogP contribution >= 0.6 is 11.3 Å². The van der Waals surface area contributed by atoms with Crippen LogP contribution in [0.3, 0.4) is 0 Å². The van der Waals surface area contributed by atoms with Crippen LogP contribution in [0.1, 0.15) is 19.3 Å². The number of aliphatic hydroxyl groups is 1. The second-order valence-corrected chi connectivity index (χ2v) is 7.66. The highest BCUT2D eigenvalue weighted by atomic mass is 32.2. The van der Waals surface area contributed by atoms with Crippen molar-refractivity contribution >= 4 is 27.3 Å². The second kappa shape index (κ2) is 6.66. The minimum absolute atomic E-state index is 0.0751. The van der Waals surface area contributed by atoms with Gasteiger partial charge in [-0.15, -0.1) is 11.3 Å². The molecule has 1 aromatic heterocycles. The molecule has 20 heavy (non-hydrogen) atoms. The summed E-state index contributed by atoms with van der Waals surface area (Å²) in [4.78, 5) is 13.5. The number of hydrogen-bond acceptors (Lipinski definition) is 5. The predicted molar refractivity (Wildman–Crippen MR) is 75.9 cm³/mol. The zero-order chi connectivity index (χ0) is 14.6. The van der Waals surface area contributed by atoms with Crippen molar-refractivity contribution in [2.45, 2.75) is 29.6 Å². The molecule has 2 N–H and O–H groups in total. The maximum Gasteiger partial charge on any atom is 0.250 e. The Morgan fingerprint density at radius 2 is 2.35 bits per heavy atom. The lowest BCUT2D eigenvalue weighted by Gasteiger charge is -2.30. The number of likely N-dealkylation sites (tertiary alicyclic amines) is 1. The van der Waals surface area contributed by atoms with Gasteiger partial charge in [-0.2, -0.15) is 0 Å².